The van der Waals surface area contributed by atoms with E-state index < -0.39 is 16.1 Å². The van der Waals surface area contributed by atoms with Crippen molar-refractivity contribution in [1.29, 1.82) is 0 Å². The molecule has 0 aromatic heterocycles. The van der Waals surface area contributed by atoms with Crippen molar-refractivity contribution in [3.63, 3.8) is 0 Å². The van der Waals surface area contributed by atoms with Crippen molar-refractivity contribution in [2.24, 2.45) is 10.9 Å². The Morgan fingerprint density at radius 2 is 1.90 bits per heavy atom. The molecule has 0 heterocycles. The van der Waals surface area contributed by atoms with Gasteiger partial charge in [0.25, 0.3) is 0 Å². The Morgan fingerprint density at radius 3 is 2.45 bits per heavy atom. The number of rotatable bonds is 7. The molecule has 0 saturated heterocycles. The Hall–Kier alpha value is -1.64. The monoisotopic (exact) mass is 301 g/mol. The van der Waals surface area contributed by atoms with Crippen molar-refractivity contribution >= 4 is 15.9 Å². The molecule has 20 heavy (non-hydrogen) atoms. The molecule has 0 bridgehead atoms. The highest BCUT2D eigenvalue weighted by atomic mass is 32.2. The highest BCUT2D eigenvalue weighted by molar-refractivity contribution is 7.89. The van der Waals surface area contributed by atoms with E-state index in [1.807, 2.05) is 0 Å². The summed E-state index contributed by atoms with van der Waals surface area (Å²) in [6, 6.07) is 5.68. The fourth-order valence-electron chi connectivity index (χ4n) is 1.59. The SMILES string of the molecule is N[C@@H](Cc1ccc(O)cc1)C(=O)NCCCS(N)(=O)=O. The molecule has 0 aliphatic rings. The van der Waals surface area contributed by atoms with Gasteiger partial charge in [-0.3, -0.25) is 4.79 Å². The minimum atomic E-state index is -3.50. The second-order valence-electron chi connectivity index (χ2n) is 4.49. The van der Waals surface area contributed by atoms with Crippen LogP contribution in [0.1, 0.15) is 12.0 Å². The molecule has 0 fully saturated rings. The number of carbonyl (C=O) groups excluding carboxylic acids is 1. The summed E-state index contributed by atoms with van der Waals surface area (Å²) in [5.74, 6) is -0.386. The summed E-state index contributed by atoms with van der Waals surface area (Å²) in [5, 5.41) is 16.5. The predicted octanol–water partition coefficient (Wildman–Crippen LogP) is -0.943. The lowest BCUT2D eigenvalue weighted by Gasteiger charge is -2.12. The van der Waals surface area contributed by atoms with Crippen LogP contribution < -0.4 is 16.2 Å². The Morgan fingerprint density at radius 1 is 1.30 bits per heavy atom. The number of nitrogens with two attached hydrogens (primary N) is 2. The van der Waals surface area contributed by atoms with E-state index in [1.165, 1.54) is 12.1 Å². The van der Waals surface area contributed by atoms with Crippen LogP contribution in [0.3, 0.4) is 0 Å². The molecule has 0 radical (unpaired) electrons. The summed E-state index contributed by atoms with van der Waals surface area (Å²) in [6.45, 7) is 0.207. The third-order valence-electron chi connectivity index (χ3n) is 2.63. The molecule has 0 aliphatic carbocycles. The van der Waals surface area contributed by atoms with E-state index in [2.05, 4.69) is 5.32 Å². The van der Waals surface area contributed by atoms with Gasteiger partial charge in [-0.15, -0.1) is 0 Å². The fourth-order valence-corrected chi connectivity index (χ4v) is 2.14. The van der Waals surface area contributed by atoms with Crippen molar-refractivity contribution in [3.8, 4) is 5.75 Å². The number of nitrogens with one attached hydrogen (secondary N) is 1. The van der Waals surface area contributed by atoms with E-state index >= 15 is 0 Å². The van der Waals surface area contributed by atoms with Crippen molar-refractivity contribution < 1.29 is 18.3 Å². The molecule has 7 nitrogen and oxygen atoms in total. The lowest BCUT2D eigenvalue weighted by molar-refractivity contribution is -0.122. The molecular formula is C12H19N3O4S. The van der Waals surface area contributed by atoms with Crippen LogP contribution in [-0.2, 0) is 21.2 Å². The number of hydrogen-bond acceptors (Lipinski definition) is 5. The second-order valence-corrected chi connectivity index (χ2v) is 6.22. The molecule has 112 valence electrons. The molecule has 0 aliphatic heterocycles. The zero-order chi connectivity index (χ0) is 15.2. The molecule has 1 aromatic rings. The first-order chi connectivity index (χ1) is 9.28. The molecular weight excluding hydrogens is 282 g/mol. The van der Waals surface area contributed by atoms with Crippen LogP contribution in [0.25, 0.3) is 0 Å². The van der Waals surface area contributed by atoms with Gasteiger partial charge >= 0.3 is 0 Å². The van der Waals surface area contributed by atoms with Gasteiger partial charge in [0.2, 0.25) is 15.9 Å². The van der Waals surface area contributed by atoms with Gasteiger partial charge in [-0.25, -0.2) is 13.6 Å². The topological polar surface area (TPSA) is 136 Å². The standard InChI is InChI=1S/C12H19N3O4S/c13-11(8-9-2-4-10(16)5-3-9)12(17)15-6-1-7-20(14,18)19/h2-5,11,16H,1,6-8,13H2,(H,15,17)(H2,14,18,19)/t11-/m0/s1. The summed E-state index contributed by atoms with van der Waals surface area (Å²) in [5.41, 5.74) is 6.57. The highest BCUT2D eigenvalue weighted by Crippen LogP contribution is 2.10. The summed E-state index contributed by atoms with van der Waals surface area (Å²) in [6.07, 6.45) is 0.581. The average Bonchev–Trinajstić information content (AvgIpc) is 2.36. The smallest absolute Gasteiger partial charge is 0.237 e. The van der Waals surface area contributed by atoms with Crippen LogP contribution in [0.2, 0.25) is 0 Å². The minimum Gasteiger partial charge on any atom is -0.508 e. The lowest BCUT2D eigenvalue weighted by atomic mass is 10.1. The van der Waals surface area contributed by atoms with Gasteiger partial charge < -0.3 is 16.2 Å². The first kappa shape index (κ1) is 16.4. The number of hydrogen-bond donors (Lipinski definition) is 4. The van der Waals surface area contributed by atoms with Crippen LogP contribution in [0, 0.1) is 0 Å². The Balaban J connectivity index is 2.34. The first-order valence-electron chi connectivity index (χ1n) is 6.09. The van der Waals surface area contributed by atoms with Crippen LogP contribution in [0.15, 0.2) is 24.3 Å². The maximum Gasteiger partial charge on any atom is 0.237 e. The molecule has 0 saturated carbocycles. The van der Waals surface area contributed by atoms with E-state index in [-0.39, 0.29) is 30.4 Å². The number of carbonyl (C=O) groups is 1. The van der Waals surface area contributed by atoms with Crippen molar-refractivity contribution in [2.75, 3.05) is 12.3 Å². The maximum atomic E-state index is 11.7. The third kappa shape index (κ3) is 6.50. The van der Waals surface area contributed by atoms with Crippen LogP contribution >= 0.6 is 0 Å². The second kappa shape index (κ2) is 7.22. The number of amides is 1. The molecule has 1 atom stereocenters. The lowest BCUT2D eigenvalue weighted by Crippen LogP contribution is -2.42. The summed E-state index contributed by atoms with van der Waals surface area (Å²) in [4.78, 5) is 11.7. The van der Waals surface area contributed by atoms with Crippen LogP contribution in [0.4, 0.5) is 0 Å². The largest absolute Gasteiger partial charge is 0.508 e. The summed E-state index contributed by atoms with van der Waals surface area (Å²) >= 11 is 0. The van der Waals surface area contributed by atoms with Crippen molar-refractivity contribution in [2.45, 2.75) is 18.9 Å². The normalized spacial score (nSPS) is 12.9. The number of sulfonamides is 1. The van der Waals surface area contributed by atoms with Gasteiger partial charge in [-0.05, 0) is 30.5 Å². The van der Waals surface area contributed by atoms with Gasteiger partial charge in [-0.1, -0.05) is 12.1 Å². The van der Waals surface area contributed by atoms with E-state index in [0.717, 1.165) is 5.56 Å². The first-order valence-corrected chi connectivity index (χ1v) is 7.81. The Labute approximate surface area is 118 Å². The van der Waals surface area contributed by atoms with E-state index in [9.17, 15) is 13.2 Å². The number of primary sulfonamides is 1. The quantitative estimate of drug-likeness (QED) is 0.482. The number of benzene rings is 1. The summed E-state index contributed by atoms with van der Waals surface area (Å²) in [7, 11) is -3.50. The Kier molecular flexibility index (Phi) is 5.93. The maximum absolute atomic E-state index is 11.7. The van der Waals surface area contributed by atoms with Crippen molar-refractivity contribution in [1.82, 2.24) is 5.32 Å². The molecule has 1 amide bonds. The Bertz CT molecular complexity index is 542. The van der Waals surface area contributed by atoms with E-state index in [0.29, 0.717) is 6.42 Å². The van der Waals surface area contributed by atoms with Gasteiger partial charge in [0.15, 0.2) is 0 Å². The average molecular weight is 301 g/mol. The molecule has 0 unspecified atom stereocenters. The molecule has 1 rings (SSSR count). The van der Waals surface area contributed by atoms with Gasteiger partial charge in [-0.2, -0.15) is 0 Å². The number of phenols is 1. The number of aromatic hydroxyl groups is 1. The van der Waals surface area contributed by atoms with E-state index in [4.69, 9.17) is 16.0 Å². The highest BCUT2D eigenvalue weighted by Gasteiger charge is 2.13. The van der Waals surface area contributed by atoms with Gasteiger partial charge in [0, 0.05) is 6.54 Å². The zero-order valence-electron chi connectivity index (χ0n) is 11.0. The third-order valence-corrected chi connectivity index (χ3v) is 3.49. The van der Waals surface area contributed by atoms with Crippen LogP contribution in [0.5, 0.6) is 5.75 Å². The molecule has 0 spiro atoms. The zero-order valence-corrected chi connectivity index (χ0v) is 11.8. The molecule has 6 N–H and O–H groups in total. The van der Waals surface area contributed by atoms with E-state index in [1.54, 1.807) is 12.1 Å². The molecule has 1 aromatic carbocycles. The minimum absolute atomic E-state index is 0.148. The van der Waals surface area contributed by atoms with Gasteiger partial charge in [0.1, 0.15) is 5.75 Å². The van der Waals surface area contributed by atoms with Crippen LogP contribution in [-0.4, -0.2) is 37.8 Å². The van der Waals surface area contributed by atoms with Crippen molar-refractivity contribution in [3.05, 3.63) is 29.8 Å². The van der Waals surface area contributed by atoms with Gasteiger partial charge in [0.05, 0.1) is 11.8 Å². The number of phenolic OH excluding ortho intramolecular Hbond substituents is 1. The fraction of sp³-hybridized carbons (Fsp3) is 0.417. The predicted molar refractivity (Wildman–Crippen MR) is 75.4 cm³/mol. The molecule has 8 heteroatoms. The summed E-state index contributed by atoms with van der Waals surface area (Å²) < 4.78 is 21.4.